The number of nitrogens with zero attached hydrogens (tertiary/aromatic N) is 1. The van der Waals surface area contributed by atoms with E-state index in [-0.39, 0.29) is 6.04 Å². The lowest BCUT2D eigenvalue weighted by Crippen LogP contribution is -2.44. The highest BCUT2D eigenvalue weighted by Gasteiger charge is 2.40. The summed E-state index contributed by atoms with van der Waals surface area (Å²) in [7, 11) is 1.98. The van der Waals surface area contributed by atoms with E-state index in [1.807, 2.05) is 11.9 Å². The van der Waals surface area contributed by atoms with Crippen LogP contribution in [-0.2, 0) is 4.79 Å². The van der Waals surface area contributed by atoms with Gasteiger partial charge < -0.3 is 10.2 Å². The first-order valence-electron chi connectivity index (χ1n) is 7.66. The predicted octanol–water partition coefficient (Wildman–Crippen LogP) is 2.02. The van der Waals surface area contributed by atoms with Gasteiger partial charge in [0.2, 0.25) is 5.91 Å². The first-order valence-corrected chi connectivity index (χ1v) is 7.66. The van der Waals surface area contributed by atoms with E-state index in [1.54, 1.807) is 0 Å². The van der Waals surface area contributed by atoms with Crippen LogP contribution in [0.3, 0.4) is 0 Å². The summed E-state index contributed by atoms with van der Waals surface area (Å²) in [5, 5.41) is 3.59. The van der Waals surface area contributed by atoms with Crippen molar-refractivity contribution in [1.82, 2.24) is 10.2 Å². The molecule has 1 amide bonds. The molecule has 3 fully saturated rings. The van der Waals surface area contributed by atoms with Gasteiger partial charge in [-0.25, -0.2) is 0 Å². The van der Waals surface area contributed by atoms with Crippen molar-refractivity contribution in [2.24, 2.45) is 17.8 Å². The maximum Gasteiger partial charge on any atom is 0.239 e. The van der Waals surface area contributed by atoms with E-state index < -0.39 is 0 Å². The molecular formula is C15H26N2O. The molecule has 18 heavy (non-hydrogen) atoms. The molecule has 1 heterocycles. The van der Waals surface area contributed by atoms with Crippen molar-refractivity contribution < 1.29 is 4.79 Å². The van der Waals surface area contributed by atoms with Crippen LogP contribution < -0.4 is 5.32 Å². The van der Waals surface area contributed by atoms with E-state index in [4.69, 9.17) is 0 Å². The molecule has 1 saturated heterocycles. The SMILES string of the molecule is CC1CC1CN(C)C(=O)C1CC2CCCCC2N1. The Bertz CT molecular complexity index is 316. The maximum absolute atomic E-state index is 12.4. The van der Waals surface area contributed by atoms with Crippen LogP contribution in [0.2, 0.25) is 0 Å². The van der Waals surface area contributed by atoms with E-state index in [1.165, 1.54) is 32.1 Å². The average molecular weight is 250 g/mol. The van der Waals surface area contributed by atoms with E-state index in [0.717, 1.165) is 30.7 Å². The minimum atomic E-state index is 0.108. The average Bonchev–Trinajstić information content (AvgIpc) is 2.92. The highest BCUT2D eigenvalue weighted by atomic mass is 16.2. The van der Waals surface area contributed by atoms with Gasteiger partial charge in [0.1, 0.15) is 0 Å². The fraction of sp³-hybridized carbons (Fsp3) is 0.933. The summed E-state index contributed by atoms with van der Waals surface area (Å²) in [5.41, 5.74) is 0. The summed E-state index contributed by atoms with van der Waals surface area (Å²) in [6.07, 6.45) is 7.68. The van der Waals surface area contributed by atoms with E-state index >= 15 is 0 Å². The summed E-state index contributed by atoms with van der Waals surface area (Å²) >= 11 is 0. The molecule has 5 atom stereocenters. The number of likely N-dealkylation sites (N-methyl/N-ethyl adjacent to an activating group) is 1. The van der Waals surface area contributed by atoms with Crippen LogP contribution in [0.15, 0.2) is 0 Å². The van der Waals surface area contributed by atoms with Gasteiger partial charge in [-0.3, -0.25) is 4.79 Å². The van der Waals surface area contributed by atoms with Gasteiger partial charge in [0, 0.05) is 19.6 Å². The molecule has 3 rings (SSSR count). The minimum Gasteiger partial charge on any atom is -0.344 e. The number of carbonyl (C=O) groups is 1. The van der Waals surface area contributed by atoms with Gasteiger partial charge in [0.15, 0.2) is 0 Å². The molecule has 5 unspecified atom stereocenters. The van der Waals surface area contributed by atoms with E-state index in [2.05, 4.69) is 12.2 Å². The Hall–Kier alpha value is -0.570. The van der Waals surface area contributed by atoms with Crippen molar-refractivity contribution >= 4 is 5.91 Å². The molecule has 3 heteroatoms. The number of nitrogens with one attached hydrogen (secondary N) is 1. The third-order valence-electron chi connectivity index (χ3n) is 5.32. The van der Waals surface area contributed by atoms with Gasteiger partial charge in [0.25, 0.3) is 0 Å². The van der Waals surface area contributed by atoms with Crippen LogP contribution in [0.4, 0.5) is 0 Å². The Balaban J connectivity index is 1.53. The quantitative estimate of drug-likeness (QED) is 0.831. The van der Waals surface area contributed by atoms with Crippen molar-refractivity contribution in [2.45, 2.75) is 57.5 Å². The largest absolute Gasteiger partial charge is 0.344 e. The number of hydrogen-bond donors (Lipinski definition) is 1. The van der Waals surface area contributed by atoms with Crippen LogP contribution in [0.25, 0.3) is 0 Å². The molecule has 0 aromatic rings. The molecule has 0 bridgehead atoms. The summed E-state index contributed by atoms with van der Waals surface area (Å²) in [4.78, 5) is 14.4. The topological polar surface area (TPSA) is 32.3 Å². The van der Waals surface area contributed by atoms with Gasteiger partial charge >= 0.3 is 0 Å². The lowest BCUT2D eigenvalue weighted by Gasteiger charge is -2.24. The van der Waals surface area contributed by atoms with Crippen LogP contribution in [0, 0.1) is 17.8 Å². The summed E-state index contributed by atoms with van der Waals surface area (Å²) in [6, 6.07) is 0.734. The summed E-state index contributed by atoms with van der Waals surface area (Å²) in [6.45, 7) is 3.25. The fourth-order valence-corrected chi connectivity index (χ4v) is 3.87. The second-order valence-corrected chi connectivity index (χ2v) is 6.80. The molecule has 1 N–H and O–H groups in total. The summed E-state index contributed by atoms with van der Waals surface area (Å²) < 4.78 is 0. The standard InChI is InChI=1S/C15H26N2O/c1-10-7-12(10)9-17(2)15(18)14-8-11-5-3-4-6-13(11)16-14/h10-14,16H,3-9H2,1-2H3. The van der Waals surface area contributed by atoms with Crippen molar-refractivity contribution in [3.05, 3.63) is 0 Å². The van der Waals surface area contributed by atoms with Crippen molar-refractivity contribution in [3.63, 3.8) is 0 Å². The molecule has 3 nitrogen and oxygen atoms in total. The first-order chi connectivity index (χ1) is 8.65. The molecule has 3 aliphatic rings. The second kappa shape index (κ2) is 4.84. The van der Waals surface area contributed by atoms with Crippen molar-refractivity contribution in [2.75, 3.05) is 13.6 Å². The third-order valence-corrected chi connectivity index (χ3v) is 5.32. The van der Waals surface area contributed by atoms with Gasteiger partial charge in [-0.05, 0) is 43.4 Å². The van der Waals surface area contributed by atoms with Crippen LogP contribution in [0.5, 0.6) is 0 Å². The monoisotopic (exact) mass is 250 g/mol. The Morgan fingerprint density at radius 2 is 2.00 bits per heavy atom. The predicted molar refractivity (Wildman–Crippen MR) is 72.2 cm³/mol. The van der Waals surface area contributed by atoms with Crippen LogP contribution in [-0.4, -0.2) is 36.5 Å². The Morgan fingerprint density at radius 1 is 1.28 bits per heavy atom. The third kappa shape index (κ3) is 2.42. The van der Waals surface area contributed by atoms with Gasteiger partial charge in [0.05, 0.1) is 6.04 Å². The lowest BCUT2D eigenvalue weighted by molar-refractivity contribution is -0.132. The zero-order valence-corrected chi connectivity index (χ0v) is 11.7. The number of rotatable bonds is 3. The number of carbonyl (C=O) groups excluding carboxylic acids is 1. The normalized spacial score (nSPS) is 42.4. The second-order valence-electron chi connectivity index (χ2n) is 6.80. The molecule has 0 radical (unpaired) electrons. The highest BCUT2D eigenvalue weighted by molar-refractivity contribution is 5.82. The molecule has 2 saturated carbocycles. The highest BCUT2D eigenvalue weighted by Crippen LogP contribution is 2.38. The van der Waals surface area contributed by atoms with Crippen molar-refractivity contribution in [3.8, 4) is 0 Å². The van der Waals surface area contributed by atoms with Gasteiger partial charge in [-0.2, -0.15) is 0 Å². The van der Waals surface area contributed by atoms with Crippen LogP contribution >= 0.6 is 0 Å². The first kappa shape index (κ1) is 12.5. The minimum absolute atomic E-state index is 0.108. The lowest BCUT2D eigenvalue weighted by atomic mass is 9.85. The molecule has 2 aliphatic carbocycles. The molecular weight excluding hydrogens is 224 g/mol. The molecule has 0 spiro atoms. The van der Waals surface area contributed by atoms with Gasteiger partial charge in [-0.15, -0.1) is 0 Å². The Morgan fingerprint density at radius 3 is 2.67 bits per heavy atom. The zero-order valence-electron chi connectivity index (χ0n) is 11.7. The summed E-state index contributed by atoms with van der Waals surface area (Å²) in [5.74, 6) is 2.70. The number of hydrogen-bond acceptors (Lipinski definition) is 2. The number of fused-ring (bicyclic) bond motifs is 1. The number of amides is 1. The Labute approximate surface area is 110 Å². The van der Waals surface area contributed by atoms with E-state index in [9.17, 15) is 4.79 Å². The van der Waals surface area contributed by atoms with E-state index in [0.29, 0.717) is 11.9 Å². The molecule has 0 aromatic heterocycles. The maximum atomic E-state index is 12.4. The Kier molecular flexibility index (Phi) is 3.35. The molecule has 102 valence electrons. The smallest absolute Gasteiger partial charge is 0.239 e. The molecule has 1 aliphatic heterocycles. The molecule has 0 aromatic carbocycles. The fourth-order valence-electron chi connectivity index (χ4n) is 3.87. The van der Waals surface area contributed by atoms with Gasteiger partial charge in [-0.1, -0.05) is 19.8 Å². The van der Waals surface area contributed by atoms with Crippen molar-refractivity contribution in [1.29, 1.82) is 0 Å². The van der Waals surface area contributed by atoms with Crippen LogP contribution in [0.1, 0.15) is 45.4 Å². The zero-order chi connectivity index (χ0) is 12.7.